The lowest BCUT2D eigenvalue weighted by atomic mass is 10.2. The highest BCUT2D eigenvalue weighted by molar-refractivity contribution is 7.85. The van der Waals surface area contributed by atoms with Crippen molar-refractivity contribution in [2.75, 3.05) is 12.7 Å². The molecule has 1 heterocycles. The van der Waals surface area contributed by atoms with Gasteiger partial charge < -0.3 is 0 Å². The molecular weight excluding hydrogens is 465 g/mol. The third kappa shape index (κ3) is 5.81. The molecule has 35 heavy (non-hydrogen) atoms. The number of aryl methyl sites for hydroxylation is 1. The summed E-state index contributed by atoms with van der Waals surface area (Å²) in [6.07, 6.45) is 3.61. The van der Waals surface area contributed by atoms with Crippen LogP contribution in [0.2, 0.25) is 0 Å². The van der Waals surface area contributed by atoms with E-state index in [1.807, 2.05) is 36.4 Å². The van der Waals surface area contributed by atoms with E-state index in [1.165, 1.54) is 34.6 Å². The highest BCUT2D eigenvalue weighted by atomic mass is 32.2. The summed E-state index contributed by atoms with van der Waals surface area (Å²) in [5.74, 6) is 0. The topological polar surface area (TPSA) is 20.3 Å². The minimum atomic E-state index is -1.17. The lowest BCUT2D eigenvalue weighted by Gasteiger charge is -2.29. The van der Waals surface area contributed by atoms with E-state index >= 15 is 0 Å². The van der Waals surface area contributed by atoms with Gasteiger partial charge in [0, 0.05) is 22.4 Å². The van der Waals surface area contributed by atoms with Gasteiger partial charge >= 0.3 is 0 Å². The molecule has 0 aliphatic carbocycles. The second-order valence-corrected chi connectivity index (χ2v) is 12.9. The van der Waals surface area contributed by atoms with Crippen molar-refractivity contribution in [2.45, 2.75) is 42.1 Å². The molecule has 0 N–H and O–H groups in total. The Balaban J connectivity index is 1.38. The highest BCUT2D eigenvalue weighted by Crippen LogP contribution is 2.38. The molecule has 1 unspecified atom stereocenters. The lowest BCUT2D eigenvalue weighted by molar-refractivity contribution is 0.261. The van der Waals surface area contributed by atoms with Gasteiger partial charge in [-0.1, -0.05) is 96.6 Å². The molecule has 1 fully saturated rings. The Morgan fingerprint density at radius 3 is 2.06 bits per heavy atom. The summed E-state index contributed by atoms with van der Waals surface area (Å²) < 4.78 is 13.5. The van der Waals surface area contributed by atoms with Gasteiger partial charge in [-0.2, -0.15) is 0 Å². The molecule has 0 saturated carbocycles. The second-order valence-electron chi connectivity index (χ2n) is 9.24. The maximum absolute atomic E-state index is 13.5. The van der Waals surface area contributed by atoms with E-state index in [0.717, 1.165) is 29.0 Å². The van der Waals surface area contributed by atoms with Crippen molar-refractivity contribution in [3.05, 3.63) is 120 Å². The molecular formula is C31H32NOPS. The standard InChI is InChI=1S/C31H32NOPS/c1-25-18-20-30(21-19-25)35(33)31-17-9-8-11-26(31)23-32-22-10-12-27(32)24-34(28-13-4-2-5-14-28)29-15-6-3-7-16-29/h2-9,11,13-21,27H,10,12,22-24H2,1H3/t27-,35?/m0/s1. The largest absolute Gasteiger partial charge is 0.296 e. The van der Waals surface area contributed by atoms with Gasteiger partial charge in [-0.3, -0.25) is 4.90 Å². The Hall–Kier alpha value is -2.58. The van der Waals surface area contributed by atoms with Gasteiger partial charge in [-0.25, -0.2) is 4.21 Å². The van der Waals surface area contributed by atoms with E-state index in [2.05, 4.69) is 84.6 Å². The van der Waals surface area contributed by atoms with E-state index in [0.29, 0.717) is 6.04 Å². The first-order valence-corrected chi connectivity index (χ1v) is 15.0. The predicted octanol–water partition coefficient (Wildman–Crippen LogP) is 6.26. The molecule has 0 bridgehead atoms. The zero-order chi connectivity index (χ0) is 24.0. The van der Waals surface area contributed by atoms with E-state index < -0.39 is 18.7 Å². The summed E-state index contributed by atoms with van der Waals surface area (Å²) in [6.45, 7) is 4.02. The molecule has 0 radical (unpaired) electrons. The molecule has 4 heteroatoms. The number of likely N-dealkylation sites (tertiary alicyclic amines) is 1. The van der Waals surface area contributed by atoms with Crippen LogP contribution >= 0.6 is 7.92 Å². The van der Waals surface area contributed by atoms with Crippen molar-refractivity contribution >= 4 is 29.3 Å². The van der Waals surface area contributed by atoms with E-state index in [-0.39, 0.29) is 0 Å². The number of hydrogen-bond acceptors (Lipinski definition) is 2. The summed E-state index contributed by atoms with van der Waals surface area (Å²) in [5, 5.41) is 2.89. The first kappa shape index (κ1) is 24.1. The molecule has 178 valence electrons. The molecule has 0 spiro atoms. The van der Waals surface area contributed by atoms with Crippen molar-refractivity contribution in [1.82, 2.24) is 4.90 Å². The molecule has 0 aromatic heterocycles. The van der Waals surface area contributed by atoms with Gasteiger partial charge in [0.1, 0.15) is 0 Å². The van der Waals surface area contributed by atoms with Gasteiger partial charge in [0.05, 0.1) is 10.8 Å². The number of hydrogen-bond donors (Lipinski definition) is 0. The van der Waals surface area contributed by atoms with Crippen LogP contribution in [0.5, 0.6) is 0 Å². The van der Waals surface area contributed by atoms with Crippen LogP contribution in [-0.4, -0.2) is 27.9 Å². The van der Waals surface area contributed by atoms with Crippen LogP contribution in [0.1, 0.15) is 24.0 Å². The molecule has 1 aliphatic heterocycles. The molecule has 1 saturated heterocycles. The Kier molecular flexibility index (Phi) is 7.88. The molecule has 2 nitrogen and oxygen atoms in total. The maximum Gasteiger partial charge on any atom is 0.0852 e. The zero-order valence-electron chi connectivity index (χ0n) is 20.2. The van der Waals surface area contributed by atoms with Crippen LogP contribution < -0.4 is 10.6 Å². The van der Waals surface area contributed by atoms with Gasteiger partial charge in [-0.15, -0.1) is 0 Å². The lowest BCUT2D eigenvalue weighted by Crippen LogP contribution is -2.33. The molecule has 0 amide bonds. The van der Waals surface area contributed by atoms with Gasteiger partial charge in [-0.05, 0) is 74.8 Å². The molecule has 2 atom stereocenters. The number of rotatable bonds is 8. The van der Waals surface area contributed by atoms with Crippen LogP contribution in [-0.2, 0) is 17.3 Å². The van der Waals surface area contributed by atoms with Crippen molar-refractivity contribution in [3.63, 3.8) is 0 Å². The van der Waals surface area contributed by atoms with Crippen molar-refractivity contribution in [2.24, 2.45) is 0 Å². The summed E-state index contributed by atoms with van der Waals surface area (Å²) in [4.78, 5) is 4.44. The molecule has 4 aromatic rings. The fourth-order valence-electron chi connectivity index (χ4n) is 4.92. The van der Waals surface area contributed by atoms with Gasteiger partial charge in [0.25, 0.3) is 0 Å². The summed E-state index contributed by atoms with van der Waals surface area (Å²) in [6, 6.07) is 38.9. The van der Waals surface area contributed by atoms with E-state index in [4.69, 9.17) is 0 Å². The van der Waals surface area contributed by atoms with Crippen molar-refractivity contribution in [3.8, 4) is 0 Å². The minimum absolute atomic E-state index is 0.424. The number of nitrogens with zero attached hydrogens (tertiary/aromatic N) is 1. The Morgan fingerprint density at radius 1 is 0.800 bits per heavy atom. The molecule has 4 aromatic carbocycles. The summed E-state index contributed by atoms with van der Waals surface area (Å²) in [7, 11) is -1.59. The van der Waals surface area contributed by atoms with Gasteiger partial charge in [0.2, 0.25) is 0 Å². The first-order chi connectivity index (χ1) is 17.2. The normalized spacial score (nSPS) is 17.0. The van der Waals surface area contributed by atoms with Crippen LogP contribution in [0.25, 0.3) is 0 Å². The second kappa shape index (κ2) is 11.4. The smallest absolute Gasteiger partial charge is 0.0852 e. The average Bonchev–Trinajstić information content (AvgIpc) is 3.35. The van der Waals surface area contributed by atoms with E-state index in [1.54, 1.807) is 0 Å². The van der Waals surface area contributed by atoms with Crippen molar-refractivity contribution < 1.29 is 4.21 Å². The first-order valence-electron chi connectivity index (χ1n) is 12.4. The average molecular weight is 498 g/mol. The third-order valence-corrected chi connectivity index (χ3v) is 10.9. The molecule has 1 aliphatic rings. The minimum Gasteiger partial charge on any atom is -0.296 e. The predicted molar refractivity (Wildman–Crippen MR) is 150 cm³/mol. The zero-order valence-corrected chi connectivity index (χ0v) is 21.9. The summed E-state index contributed by atoms with van der Waals surface area (Å²) in [5.41, 5.74) is 2.37. The Labute approximate surface area is 213 Å². The van der Waals surface area contributed by atoms with Crippen LogP contribution in [0.15, 0.2) is 119 Å². The van der Waals surface area contributed by atoms with Crippen LogP contribution in [0, 0.1) is 6.92 Å². The summed E-state index contributed by atoms with van der Waals surface area (Å²) >= 11 is 0. The monoisotopic (exact) mass is 497 g/mol. The highest BCUT2D eigenvalue weighted by Gasteiger charge is 2.29. The van der Waals surface area contributed by atoms with Crippen LogP contribution in [0.3, 0.4) is 0 Å². The van der Waals surface area contributed by atoms with Crippen molar-refractivity contribution in [1.29, 1.82) is 0 Å². The number of benzene rings is 4. The quantitative estimate of drug-likeness (QED) is 0.268. The third-order valence-electron chi connectivity index (χ3n) is 6.81. The maximum atomic E-state index is 13.5. The Morgan fingerprint density at radius 2 is 1.40 bits per heavy atom. The fraction of sp³-hybridized carbons (Fsp3) is 0.226. The SMILES string of the molecule is Cc1ccc(S(=O)c2ccccc2CN2CCC[C@H]2CP(c2ccccc2)c2ccccc2)cc1. The van der Waals surface area contributed by atoms with Crippen LogP contribution in [0.4, 0.5) is 0 Å². The Bertz CT molecular complexity index is 1220. The van der Waals surface area contributed by atoms with E-state index in [9.17, 15) is 4.21 Å². The van der Waals surface area contributed by atoms with Gasteiger partial charge in [0.15, 0.2) is 0 Å². The fourth-order valence-corrected chi connectivity index (χ4v) is 8.75. The molecule has 5 rings (SSSR count).